The van der Waals surface area contributed by atoms with Crippen LogP contribution in [-0.4, -0.2) is 49.5 Å². The molecule has 5 rings (SSSR count). The average Bonchev–Trinajstić information content (AvgIpc) is 3.32. The van der Waals surface area contributed by atoms with Crippen LogP contribution in [-0.2, 0) is 14.8 Å². The zero-order valence-corrected chi connectivity index (χ0v) is 23.4. The number of amides is 1. The number of nitrogens with zero attached hydrogens (tertiary/aromatic N) is 3. The van der Waals surface area contributed by atoms with Gasteiger partial charge in [-0.25, -0.2) is 17.2 Å². The first-order valence-electron chi connectivity index (χ1n) is 13.3. The Labute approximate surface area is 232 Å². The predicted octanol–water partition coefficient (Wildman–Crippen LogP) is 5.34. The summed E-state index contributed by atoms with van der Waals surface area (Å²) in [6, 6.07) is 8.89. The van der Waals surface area contributed by atoms with Crippen molar-refractivity contribution in [1.82, 2.24) is 9.46 Å². The molecule has 8 nitrogen and oxygen atoms in total. The molecule has 0 N–H and O–H groups in total. The Bertz CT molecular complexity index is 1560. The molecule has 1 amide bonds. The SMILES string of the molecule is CCC1CN(C(=O)C2CCN(S(=O)(=O)c3c(C)noc3C=Cc3ccc(F)cc3F)CC2)c2cc(C)ccc2O1. The van der Waals surface area contributed by atoms with Gasteiger partial charge in [-0.3, -0.25) is 4.79 Å². The maximum Gasteiger partial charge on any atom is 0.248 e. The molecule has 2 aliphatic heterocycles. The minimum absolute atomic E-state index is 0.0308. The molecular formula is C29H31F2N3O5S. The highest BCUT2D eigenvalue weighted by molar-refractivity contribution is 7.89. The third-order valence-electron chi connectivity index (χ3n) is 7.42. The number of benzene rings is 2. The van der Waals surface area contributed by atoms with E-state index >= 15 is 0 Å². The van der Waals surface area contributed by atoms with Crippen LogP contribution < -0.4 is 9.64 Å². The van der Waals surface area contributed by atoms with Gasteiger partial charge in [0, 0.05) is 30.6 Å². The molecule has 1 atom stereocenters. The number of hydrogen-bond acceptors (Lipinski definition) is 6. The molecule has 0 bridgehead atoms. The van der Waals surface area contributed by atoms with Crippen LogP contribution in [0.15, 0.2) is 45.8 Å². The van der Waals surface area contributed by atoms with Crippen molar-refractivity contribution >= 4 is 33.8 Å². The third kappa shape index (κ3) is 5.40. The van der Waals surface area contributed by atoms with Gasteiger partial charge in [0.05, 0.1) is 12.2 Å². The maximum atomic E-state index is 14.1. The molecule has 0 aliphatic carbocycles. The fourth-order valence-electron chi connectivity index (χ4n) is 5.17. The fraction of sp³-hybridized carbons (Fsp3) is 0.379. The van der Waals surface area contributed by atoms with Crippen LogP contribution in [0.5, 0.6) is 5.75 Å². The predicted molar refractivity (Wildman–Crippen MR) is 146 cm³/mol. The van der Waals surface area contributed by atoms with Gasteiger partial charge in [-0.2, -0.15) is 4.31 Å². The monoisotopic (exact) mass is 571 g/mol. The van der Waals surface area contributed by atoms with Crippen molar-refractivity contribution in [2.45, 2.75) is 51.0 Å². The fourth-order valence-corrected chi connectivity index (χ4v) is 6.89. The molecule has 0 radical (unpaired) electrons. The first-order chi connectivity index (χ1) is 19.1. The Morgan fingerprint density at radius 1 is 1.10 bits per heavy atom. The lowest BCUT2D eigenvalue weighted by molar-refractivity contribution is -0.124. The van der Waals surface area contributed by atoms with E-state index < -0.39 is 21.7 Å². The summed E-state index contributed by atoms with van der Waals surface area (Å²) in [6.07, 6.45) is 4.00. The summed E-state index contributed by atoms with van der Waals surface area (Å²) in [6.45, 7) is 6.26. The summed E-state index contributed by atoms with van der Waals surface area (Å²) >= 11 is 0. The summed E-state index contributed by atoms with van der Waals surface area (Å²) in [7, 11) is -4.02. The standard InChI is InChI=1S/C29H31F2N3O5S/c1-4-23-17-34(25-15-18(2)5-9-26(25)38-23)29(35)21-11-13-33(14-12-21)40(36,37)28-19(3)32-39-27(28)10-7-20-6-8-22(30)16-24(20)31/h5-10,15-16,21,23H,4,11-14,17H2,1-3H3. The Morgan fingerprint density at radius 3 is 2.55 bits per heavy atom. The summed E-state index contributed by atoms with van der Waals surface area (Å²) < 4.78 is 67.2. The Hall–Kier alpha value is -3.57. The van der Waals surface area contributed by atoms with Gasteiger partial charge in [0.15, 0.2) is 10.7 Å². The Kier molecular flexibility index (Phi) is 7.78. The number of aromatic nitrogens is 1. The van der Waals surface area contributed by atoms with E-state index in [0.29, 0.717) is 25.1 Å². The molecule has 40 heavy (non-hydrogen) atoms. The van der Waals surface area contributed by atoms with Crippen LogP contribution in [0.25, 0.3) is 12.2 Å². The molecule has 3 aromatic rings. The molecule has 2 aliphatic rings. The number of rotatable bonds is 6. The highest BCUT2D eigenvalue weighted by atomic mass is 32.2. The topological polar surface area (TPSA) is 93.0 Å². The van der Waals surface area contributed by atoms with Gasteiger partial charge in [0.1, 0.15) is 29.2 Å². The number of hydrogen-bond donors (Lipinski definition) is 0. The summed E-state index contributed by atoms with van der Waals surface area (Å²) in [5.74, 6) is -1.23. The lowest BCUT2D eigenvalue weighted by atomic mass is 9.95. The van der Waals surface area contributed by atoms with E-state index in [0.717, 1.165) is 29.8 Å². The molecule has 2 aromatic carbocycles. The van der Waals surface area contributed by atoms with E-state index in [1.54, 1.807) is 4.90 Å². The number of fused-ring (bicyclic) bond motifs is 1. The minimum Gasteiger partial charge on any atom is -0.486 e. The van der Waals surface area contributed by atoms with Gasteiger partial charge in [-0.15, -0.1) is 0 Å². The first-order valence-corrected chi connectivity index (χ1v) is 14.7. The van der Waals surface area contributed by atoms with Gasteiger partial charge in [0.25, 0.3) is 0 Å². The molecule has 0 saturated carbocycles. The van der Waals surface area contributed by atoms with Crippen molar-refractivity contribution in [2.75, 3.05) is 24.5 Å². The van der Waals surface area contributed by atoms with Crippen molar-refractivity contribution in [3.8, 4) is 5.75 Å². The minimum atomic E-state index is -4.02. The van der Waals surface area contributed by atoms with E-state index in [2.05, 4.69) is 5.16 Å². The Balaban J connectivity index is 1.32. The molecule has 0 spiro atoms. The van der Waals surface area contributed by atoms with Crippen LogP contribution in [0.2, 0.25) is 0 Å². The first kappa shape index (κ1) is 28.0. The molecule has 1 saturated heterocycles. The number of aryl methyl sites for hydroxylation is 2. The number of piperidine rings is 1. The molecule has 3 heterocycles. The van der Waals surface area contributed by atoms with Gasteiger partial charge >= 0.3 is 0 Å². The van der Waals surface area contributed by atoms with Crippen LogP contribution >= 0.6 is 0 Å². The molecule has 11 heteroatoms. The smallest absolute Gasteiger partial charge is 0.248 e. The largest absolute Gasteiger partial charge is 0.486 e. The number of halogens is 2. The number of ether oxygens (including phenoxy) is 1. The van der Waals surface area contributed by atoms with Crippen molar-refractivity contribution in [2.24, 2.45) is 5.92 Å². The highest BCUT2D eigenvalue weighted by Gasteiger charge is 2.39. The highest BCUT2D eigenvalue weighted by Crippen LogP contribution is 2.37. The van der Waals surface area contributed by atoms with Crippen molar-refractivity contribution in [1.29, 1.82) is 0 Å². The number of anilines is 1. The van der Waals surface area contributed by atoms with E-state index in [-0.39, 0.29) is 52.9 Å². The van der Waals surface area contributed by atoms with Gasteiger partial charge in [0.2, 0.25) is 15.9 Å². The summed E-state index contributed by atoms with van der Waals surface area (Å²) in [4.78, 5) is 15.3. The summed E-state index contributed by atoms with van der Waals surface area (Å²) in [5, 5.41) is 3.82. The summed E-state index contributed by atoms with van der Waals surface area (Å²) in [5.41, 5.74) is 2.01. The van der Waals surface area contributed by atoms with Gasteiger partial charge in [-0.1, -0.05) is 18.1 Å². The van der Waals surface area contributed by atoms with E-state index in [4.69, 9.17) is 9.26 Å². The Morgan fingerprint density at radius 2 is 1.85 bits per heavy atom. The lowest BCUT2D eigenvalue weighted by Crippen LogP contribution is -2.49. The number of carbonyl (C=O) groups is 1. The van der Waals surface area contributed by atoms with Crippen molar-refractivity contribution in [3.05, 3.63) is 70.6 Å². The van der Waals surface area contributed by atoms with E-state index in [1.807, 2.05) is 32.0 Å². The van der Waals surface area contributed by atoms with Crippen molar-refractivity contribution < 1.29 is 31.3 Å². The maximum absolute atomic E-state index is 14.1. The zero-order chi connectivity index (χ0) is 28.6. The van der Waals surface area contributed by atoms with E-state index in [1.165, 1.54) is 29.4 Å². The van der Waals surface area contributed by atoms with E-state index in [9.17, 15) is 22.0 Å². The molecule has 212 valence electrons. The van der Waals surface area contributed by atoms with Crippen LogP contribution in [0.1, 0.15) is 48.8 Å². The third-order valence-corrected chi connectivity index (χ3v) is 9.48. The van der Waals surface area contributed by atoms with Crippen LogP contribution in [0, 0.1) is 31.4 Å². The quantitative estimate of drug-likeness (QED) is 0.396. The number of carbonyl (C=O) groups excluding carboxylic acids is 1. The van der Waals surface area contributed by atoms with Crippen molar-refractivity contribution in [3.63, 3.8) is 0 Å². The molecule has 1 unspecified atom stereocenters. The van der Waals surface area contributed by atoms with Crippen LogP contribution in [0.4, 0.5) is 14.5 Å². The van der Waals surface area contributed by atoms with Gasteiger partial charge < -0.3 is 14.2 Å². The number of sulfonamides is 1. The zero-order valence-electron chi connectivity index (χ0n) is 22.6. The lowest BCUT2D eigenvalue weighted by Gasteiger charge is -2.38. The second-order valence-electron chi connectivity index (χ2n) is 10.2. The normalized spacial score (nSPS) is 18.6. The molecule has 1 aromatic heterocycles. The van der Waals surface area contributed by atoms with Gasteiger partial charge in [-0.05, 0) is 75.1 Å². The molecular weight excluding hydrogens is 540 g/mol. The average molecular weight is 572 g/mol. The second-order valence-corrected chi connectivity index (χ2v) is 12.1. The second kappa shape index (κ2) is 11.1. The molecule has 1 fully saturated rings. The van der Waals surface area contributed by atoms with Crippen LogP contribution in [0.3, 0.4) is 0 Å².